The molecule has 0 aromatic heterocycles. The Kier molecular flexibility index (Phi) is 18.0. The highest BCUT2D eigenvalue weighted by Gasteiger charge is 2.16. The number of aliphatic hydroxyl groups excluding tert-OH is 1. The van der Waals surface area contributed by atoms with E-state index in [4.69, 9.17) is 5.11 Å². The SMILES string of the molecule is CCCCCCC(C)O.[Mg+2][Cl]. The van der Waals surface area contributed by atoms with Gasteiger partial charge in [0.2, 0.25) is 0 Å². The van der Waals surface area contributed by atoms with Crippen LogP contribution in [0.2, 0.25) is 0 Å². The van der Waals surface area contributed by atoms with Gasteiger partial charge in [0.15, 0.2) is 0 Å². The van der Waals surface area contributed by atoms with Crippen LogP contribution in [0.1, 0.15) is 46.0 Å². The van der Waals surface area contributed by atoms with Crippen molar-refractivity contribution in [1.29, 1.82) is 0 Å². The highest BCUT2D eigenvalue weighted by Crippen LogP contribution is 2.04. The van der Waals surface area contributed by atoms with Crippen LogP contribution in [0.25, 0.3) is 0 Å². The monoisotopic (exact) mass is 189 g/mol. The first kappa shape index (κ1) is 14.5. The number of hydrogen-bond acceptors (Lipinski definition) is 1. The normalized spacial score (nSPS) is 11.7. The van der Waals surface area contributed by atoms with Gasteiger partial charge in [-0.2, -0.15) is 0 Å². The Morgan fingerprint density at radius 2 is 1.82 bits per heavy atom. The van der Waals surface area contributed by atoms with E-state index in [9.17, 15) is 0 Å². The molecular formula is C8H18ClMgO+2. The molecule has 0 heterocycles. The predicted molar refractivity (Wildman–Crippen MR) is 52.0 cm³/mol. The Morgan fingerprint density at radius 3 is 2.18 bits per heavy atom. The summed E-state index contributed by atoms with van der Waals surface area (Å²) in [6.45, 7) is 4.05. The molecule has 63 valence electrons. The predicted octanol–water partition coefficient (Wildman–Crippen LogP) is 2.65. The van der Waals surface area contributed by atoms with Crippen molar-refractivity contribution in [3.8, 4) is 0 Å². The van der Waals surface area contributed by atoms with Crippen molar-refractivity contribution in [3.05, 3.63) is 0 Å². The smallest absolute Gasteiger partial charge is 0.393 e. The molecule has 7 radical (unpaired) electrons. The highest BCUT2D eigenvalue weighted by atomic mass is 35.5. The van der Waals surface area contributed by atoms with Crippen LogP contribution in [0, 0.1) is 0 Å². The van der Waals surface area contributed by atoms with Gasteiger partial charge in [0, 0.05) is 0 Å². The topological polar surface area (TPSA) is 20.2 Å². The highest BCUT2D eigenvalue weighted by molar-refractivity contribution is 6.80. The van der Waals surface area contributed by atoms with Gasteiger partial charge >= 0.3 is 29.7 Å². The molecule has 0 aromatic rings. The molecule has 0 fully saturated rings. The molecule has 0 spiro atoms. The molecule has 3 heteroatoms. The lowest BCUT2D eigenvalue weighted by atomic mass is 10.1. The van der Waals surface area contributed by atoms with E-state index in [0.29, 0.717) is 0 Å². The molecule has 1 unspecified atom stereocenters. The molecule has 0 amide bonds. The summed E-state index contributed by atoms with van der Waals surface area (Å²) in [5, 5.41) is 8.85. The van der Waals surface area contributed by atoms with Crippen molar-refractivity contribution >= 4 is 29.7 Å². The first-order valence-corrected chi connectivity index (χ1v) is 6.36. The van der Waals surface area contributed by atoms with Crippen LogP contribution >= 0.6 is 9.07 Å². The first-order chi connectivity index (χ1) is 5.27. The second kappa shape index (κ2) is 13.6. The maximum atomic E-state index is 8.85. The van der Waals surface area contributed by atoms with Gasteiger partial charge in [-0.15, -0.1) is 0 Å². The van der Waals surface area contributed by atoms with Gasteiger partial charge in [-0.1, -0.05) is 32.6 Å². The van der Waals surface area contributed by atoms with Crippen molar-refractivity contribution < 1.29 is 5.11 Å². The lowest BCUT2D eigenvalue weighted by Gasteiger charge is -2.01. The number of halogens is 1. The fraction of sp³-hybridized carbons (Fsp3) is 1.00. The lowest BCUT2D eigenvalue weighted by molar-refractivity contribution is 0.180. The van der Waals surface area contributed by atoms with Gasteiger partial charge < -0.3 is 5.11 Å². The molecule has 0 saturated carbocycles. The van der Waals surface area contributed by atoms with Crippen molar-refractivity contribution in [2.24, 2.45) is 0 Å². The minimum Gasteiger partial charge on any atom is -0.393 e. The quantitative estimate of drug-likeness (QED) is 0.521. The lowest BCUT2D eigenvalue weighted by Crippen LogP contribution is -1.97. The fourth-order valence-corrected chi connectivity index (χ4v) is 0.867. The minimum atomic E-state index is -0.0955. The Labute approximate surface area is 86.7 Å². The number of unbranched alkanes of at least 4 members (excludes halogenated alkanes) is 3. The van der Waals surface area contributed by atoms with Gasteiger partial charge in [0.05, 0.1) is 6.10 Å². The van der Waals surface area contributed by atoms with E-state index in [-0.39, 0.29) is 6.10 Å². The minimum absolute atomic E-state index is 0.0955. The second-order valence-corrected chi connectivity index (χ2v) is 2.70. The van der Waals surface area contributed by atoms with Gasteiger partial charge in [-0.05, 0) is 13.3 Å². The summed E-state index contributed by atoms with van der Waals surface area (Å²) in [6, 6.07) is 0. The Balaban J connectivity index is 0. The summed E-state index contributed by atoms with van der Waals surface area (Å²) in [5.41, 5.74) is 0. The molecule has 0 aliphatic carbocycles. The van der Waals surface area contributed by atoms with E-state index in [2.05, 4.69) is 16.0 Å². The summed E-state index contributed by atoms with van der Waals surface area (Å²) >= 11 is 1.33. The van der Waals surface area contributed by atoms with Crippen LogP contribution < -0.4 is 0 Å². The molecule has 1 N–H and O–H groups in total. The average Bonchev–Trinajstić information content (AvgIpc) is 2.02. The summed E-state index contributed by atoms with van der Waals surface area (Å²) in [4.78, 5) is 0. The molecule has 1 nitrogen and oxygen atoms in total. The molecule has 0 rings (SSSR count). The summed E-state index contributed by atoms with van der Waals surface area (Å²) in [5.74, 6) is 0. The molecule has 0 bridgehead atoms. The van der Waals surface area contributed by atoms with E-state index < -0.39 is 0 Å². The molecule has 11 heavy (non-hydrogen) atoms. The zero-order valence-electron chi connectivity index (χ0n) is 7.65. The first-order valence-electron chi connectivity index (χ1n) is 4.22. The Bertz CT molecular complexity index is 60.1. The van der Waals surface area contributed by atoms with Gasteiger partial charge in [0.1, 0.15) is 0 Å². The number of aliphatic hydroxyl groups is 1. The largest absolute Gasteiger partial charge is 1.59 e. The summed E-state index contributed by atoms with van der Waals surface area (Å²) in [6.07, 6.45) is 5.93. The molecular weight excluding hydrogens is 172 g/mol. The van der Waals surface area contributed by atoms with Crippen LogP contribution in [0.5, 0.6) is 0 Å². The maximum Gasteiger partial charge on any atom is 1.59 e. The maximum absolute atomic E-state index is 8.85. The van der Waals surface area contributed by atoms with Gasteiger partial charge in [-0.3, -0.25) is 0 Å². The van der Waals surface area contributed by atoms with Crippen molar-refractivity contribution in [3.63, 3.8) is 0 Å². The van der Waals surface area contributed by atoms with E-state index >= 15 is 0 Å². The van der Waals surface area contributed by atoms with Crippen LogP contribution in [0.3, 0.4) is 0 Å². The van der Waals surface area contributed by atoms with Crippen molar-refractivity contribution in [2.75, 3.05) is 0 Å². The van der Waals surface area contributed by atoms with Crippen molar-refractivity contribution in [1.82, 2.24) is 0 Å². The van der Waals surface area contributed by atoms with Crippen molar-refractivity contribution in [2.45, 2.75) is 52.1 Å². The fourth-order valence-electron chi connectivity index (χ4n) is 0.867. The number of hydrogen-bond donors (Lipinski definition) is 1. The molecule has 0 aromatic carbocycles. The van der Waals surface area contributed by atoms with E-state index in [1.54, 1.807) is 0 Å². The third kappa shape index (κ3) is 18.2. The van der Waals surface area contributed by atoms with Crippen LogP contribution in [-0.4, -0.2) is 31.8 Å². The van der Waals surface area contributed by atoms with Crippen LogP contribution in [-0.2, 0) is 0 Å². The van der Waals surface area contributed by atoms with E-state index in [0.717, 1.165) is 6.42 Å². The van der Waals surface area contributed by atoms with E-state index in [1.807, 2.05) is 6.92 Å². The summed E-state index contributed by atoms with van der Waals surface area (Å²) < 4.78 is 0. The third-order valence-corrected chi connectivity index (χ3v) is 1.48. The molecule has 0 aliphatic heterocycles. The van der Waals surface area contributed by atoms with Crippen LogP contribution in [0.15, 0.2) is 0 Å². The zero-order valence-corrected chi connectivity index (χ0v) is 9.82. The molecule has 0 saturated heterocycles. The van der Waals surface area contributed by atoms with Crippen LogP contribution in [0.4, 0.5) is 0 Å². The van der Waals surface area contributed by atoms with Gasteiger partial charge in [0.25, 0.3) is 0 Å². The average molecular weight is 190 g/mol. The molecule has 0 aliphatic rings. The Morgan fingerprint density at radius 1 is 1.27 bits per heavy atom. The zero-order chi connectivity index (χ0) is 9.11. The third-order valence-electron chi connectivity index (χ3n) is 1.48. The molecule has 1 atom stereocenters. The second-order valence-electron chi connectivity index (χ2n) is 2.70. The van der Waals surface area contributed by atoms with Gasteiger partial charge in [-0.25, -0.2) is 0 Å². The van der Waals surface area contributed by atoms with E-state index in [1.165, 1.54) is 46.3 Å². The number of rotatable bonds is 5. The Hall–Kier alpha value is 1.02. The summed E-state index contributed by atoms with van der Waals surface area (Å²) in [7, 11) is 4.67. The standard InChI is InChI=1S/C8H18O.ClH.Mg/c1-3-4-5-6-7-8(2)9;;/h8-9H,3-7H2,1-2H3;1H;/q;;+3/p-1.